The Hall–Kier alpha value is 1.12. The predicted octanol–water partition coefficient (Wildman–Crippen LogP) is 1.05. The molecule has 1 radical (unpaired) electrons. The minimum absolute atomic E-state index is 0. The van der Waals surface area contributed by atoms with Crippen LogP contribution in [0.4, 0.5) is 0 Å². The van der Waals surface area contributed by atoms with E-state index in [2.05, 4.69) is 12.6 Å². The summed E-state index contributed by atoms with van der Waals surface area (Å²) in [7, 11) is 0. The van der Waals surface area contributed by atoms with E-state index < -0.39 is 0 Å². The molecule has 3 heteroatoms. The molecular formula is C5H9OSY-. The molecule has 0 N–H and O–H groups in total. The number of hydrogen-bond donors (Lipinski definition) is 1. The van der Waals surface area contributed by atoms with Crippen LogP contribution in [0.25, 0.3) is 0 Å². The van der Waals surface area contributed by atoms with Crippen LogP contribution in [0.2, 0.25) is 0 Å². The molecule has 0 aliphatic carbocycles. The van der Waals surface area contributed by atoms with Crippen LogP contribution in [0.5, 0.6) is 0 Å². The summed E-state index contributed by atoms with van der Waals surface area (Å²) < 4.78 is 0. The van der Waals surface area contributed by atoms with E-state index in [1.807, 2.05) is 6.29 Å². The molecule has 0 unspecified atom stereocenters. The van der Waals surface area contributed by atoms with Crippen LogP contribution in [-0.2, 0) is 37.5 Å². The van der Waals surface area contributed by atoms with Gasteiger partial charge >= 0.3 is 0 Å². The first-order valence-electron chi connectivity index (χ1n) is 2.12. The Morgan fingerprint density at radius 1 is 1.62 bits per heavy atom. The van der Waals surface area contributed by atoms with Gasteiger partial charge in [0.25, 0.3) is 0 Å². The molecule has 0 saturated carbocycles. The Morgan fingerprint density at radius 3 is 2.00 bits per heavy atom. The summed E-state index contributed by atoms with van der Waals surface area (Å²) >= 11 is 3.92. The SMILES string of the molecule is CC(C)([C-]=O)CS.[Y]. The Kier molecular flexibility index (Phi) is 7.35. The number of carbonyl (C=O) groups excluding carboxylic acids is 1. The molecule has 0 fully saturated rings. The third-order valence-corrected chi connectivity index (χ3v) is 1.46. The number of rotatable bonds is 2. The van der Waals surface area contributed by atoms with E-state index in [1.165, 1.54) is 0 Å². The Balaban J connectivity index is 0. The second kappa shape index (κ2) is 4.95. The van der Waals surface area contributed by atoms with E-state index in [4.69, 9.17) is 0 Å². The van der Waals surface area contributed by atoms with Gasteiger partial charge in [0, 0.05) is 32.7 Å². The Morgan fingerprint density at radius 2 is 2.00 bits per heavy atom. The van der Waals surface area contributed by atoms with Crippen LogP contribution in [-0.4, -0.2) is 12.0 Å². The van der Waals surface area contributed by atoms with Gasteiger partial charge in [0.2, 0.25) is 0 Å². The quantitative estimate of drug-likeness (QED) is 0.527. The van der Waals surface area contributed by atoms with Crippen molar-refractivity contribution in [2.75, 3.05) is 5.75 Å². The largest absolute Gasteiger partial charge is 0.541 e. The summed E-state index contributed by atoms with van der Waals surface area (Å²) in [5.74, 6) is 0.566. The molecule has 0 rings (SSSR count). The molecule has 0 aromatic carbocycles. The van der Waals surface area contributed by atoms with Crippen LogP contribution in [0.3, 0.4) is 0 Å². The zero-order valence-corrected chi connectivity index (χ0v) is 8.87. The van der Waals surface area contributed by atoms with Crippen molar-refractivity contribution < 1.29 is 37.5 Å². The Labute approximate surface area is 80.9 Å². The minimum Gasteiger partial charge on any atom is -0.541 e. The molecule has 0 heterocycles. The molecule has 0 aromatic rings. The fraction of sp³-hybridized carbons (Fsp3) is 0.800. The zero-order valence-electron chi connectivity index (χ0n) is 5.14. The second-order valence-electron chi connectivity index (χ2n) is 2.14. The first kappa shape index (κ1) is 11.9. The van der Waals surface area contributed by atoms with E-state index >= 15 is 0 Å². The standard InChI is InChI=1S/C5H9OS.Y/c1-5(2,3-6)4-7;/h7H,4H2,1-2H3;/q-1;. The third kappa shape index (κ3) is 5.26. The molecule has 0 amide bonds. The zero-order chi connectivity index (χ0) is 5.91. The number of hydrogen-bond acceptors (Lipinski definition) is 2. The van der Waals surface area contributed by atoms with Crippen molar-refractivity contribution in [2.24, 2.45) is 5.41 Å². The predicted molar refractivity (Wildman–Crippen MR) is 33.3 cm³/mol. The summed E-state index contributed by atoms with van der Waals surface area (Å²) in [4.78, 5) is 9.88. The topological polar surface area (TPSA) is 17.1 Å². The second-order valence-corrected chi connectivity index (χ2v) is 2.46. The maximum Gasteiger partial charge on any atom is 0 e. The fourth-order valence-corrected chi connectivity index (χ4v) is 0.0968. The average Bonchev–Trinajstić information content (AvgIpc) is 1.68. The van der Waals surface area contributed by atoms with Gasteiger partial charge in [-0.1, -0.05) is 13.8 Å². The summed E-state index contributed by atoms with van der Waals surface area (Å²) in [5.41, 5.74) is -0.358. The van der Waals surface area contributed by atoms with Crippen molar-refractivity contribution in [3.8, 4) is 0 Å². The maximum atomic E-state index is 9.88. The third-order valence-electron chi connectivity index (χ3n) is 0.672. The van der Waals surface area contributed by atoms with E-state index in [0.717, 1.165) is 0 Å². The fourth-order valence-electron chi connectivity index (χ4n) is 0.0323. The van der Waals surface area contributed by atoms with Gasteiger partial charge in [0.15, 0.2) is 0 Å². The molecule has 0 aliphatic heterocycles. The first-order chi connectivity index (χ1) is 3.12. The van der Waals surface area contributed by atoms with Gasteiger partial charge in [-0.05, 0) is 5.75 Å². The molecule has 0 aliphatic rings. The van der Waals surface area contributed by atoms with Gasteiger partial charge in [0.1, 0.15) is 0 Å². The van der Waals surface area contributed by atoms with Crippen LogP contribution < -0.4 is 0 Å². The molecule has 0 saturated heterocycles. The molecule has 1 nitrogen and oxygen atoms in total. The summed E-state index contributed by atoms with van der Waals surface area (Å²) in [6.07, 6.45) is 1.86. The molecule has 0 spiro atoms. The Bertz CT molecular complexity index is 72.8. The van der Waals surface area contributed by atoms with Crippen molar-refractivity contribution in [2.45, 2.75) is 13.8 Å². The van der Waals surface area contributed by atoms with Crippen molar-refractivity contribution in [3.63, 3.8) is 0 Å². The first-order valence-corrected chi connectivity index (χ1v) is 2.76. The van der Waals surface area contributed by atoms with Gasteiger partial charge in [-0.3, -0.25) is 6.29 Å². The minimum atomic E-state index is -0.358. The summed E-state index contributed by atoms with van der Waals surface area (Å²) in [6.45, 7) is 3.60. The van der Waals surface area contributed by atoms with Gasteiger partial charge in [-0.15, -0.1) is 5.41 Å². The van der Waals surface area contributed by atoms with E-state index in [9.17, 15) is 4.79 Å². The van der Waals surface area contributed by atoms with Crippen molar-refractivity contribution >= 4 is 18.9 Å². The van der Waals surface area contributed by atoms with Gasteiger partial charge in [-0.2, -0.15) is 12.6 Å². The van der Waals surface area contributed by atoms with Crippen LogP contribution in [0, 0.1) is 5.41 Å². The normalized spacial score (nSPS) is 9.88. The molecule has 0 atom stereocenters. The molecule has 45 valence electrons. The molecular weight excluding hydrogens is 197 g/mol. The molecule has 8 heavy (non-hydrogen) atoms. The van der Waals surface area contributed by atoms with Crippen LogP contribution in [0.15, 0.2) is 0 Å². The van der Waals surface area contributed by atoms with Gasteiger partial charge < -0.3 is 4.79 Å². The van der Waals surface area contributed by atoms with Gasteiger partial charge in [0.05, 0.1) is 0 Å². The van der Waals surface area contributed by atoms with E-state index in [0.29, 0.717) is 5.75 Å². The van der Waals surface area contributed by atoms with Gasteiger partial charge in [-0.25, -0.2) is 0 Å². The van der Waals surface area contributed by atoms with E-state index in [1.54, 1.807) is 13.8 Å². The summed E-state index contributed by atoms with van der Waals surface area (Å²) in [6, 6.07) is 0. The molecule has 0 aromatic heterocycles. The number of thiol groups is 1. The van der Waals surface area contributed by atoms with E-state index in [-0.39, 0.29) is 38.1 Å². The summed E-state index contributed by atoms with van der Waals surface area (Å²) in [5, 5.41) is 0. The van der Waals surface area contributed by atoms with Crippen molar-refractivity contribution in [3.05, 3.63) is 0 Å². The van der Waals surface area contributed by atoms with Crippen LogP contribution >= 0.6 is 12.6 Å². The van der Waals surface area contributed by atoms with Crippen molar-refractivity contribution in [1.29, 1.82) is 0 Å². The maximum absolute atomic E-state index is 9.88. The smallest absolute Gasteiger partial charge is 0 e. The van der Waals surface area contributed by atoms with Crippen molar-refractivity contribution in [1.82, 2.24) is 0 Å². The van der Waals surface area contributed by atoms with Crippen LogP contribution in [0.1, 0.15) is 13.8 Å². The average molecular weight is 206 g/mol. The monoisotopic (exact) mass is 206 g/mol. The molecule has 0 bridgehead atoms.